The summed E-state index contributed by atoms with van der Waals surface area (Å²) in [7, 11) is 1.86. The summed E-state index contributed by atoms with van der Waals surface area (Å²) < 4.78 is 5.67. The Morgan fingerprint density at radius 2 is 1.81 bits per heavy atom. The zero-order valence-corrected chi connectivity index (χ0v) is 12.7. The first-order valence-corrected chi connectivity index (χ1v) is 7.03. The Morgan fingerprint density at radius 1 is 1.14 bits per heavy atom. The molecule has 1 atom stereocenters. The number of hydrogen-bond donors (Lipinski definition) is 0. The van der Waals surface area contributed by atoms with Gasteiger partial charge in [-0.25, -0.2) is 0 Å². The maximum Gasteiger partial charge on any atom is 0.137 e. The quantitative estimate of drug-likeness (QED) is 0.561. The van der Waals surface area contributed by atoms with Crippen molar-refractivity contribution in [3.05, 3.63) is 72.3 Å². The van der Waals surface area contributed by atoms with Gasteiger partial charge in [0.15, 0.2) is 0 Å². The predicted octanol–water partition coefficient (Wildman–Crippen LogP) is 4.34. The van der Waals surface area contributed by atoms with Crippen LogP contribution >= 0.6 is 11.6 Å². The summed E-state index contributed by atoms with van der Waals surface area (Å²) in [5.41, 5.74) is 0.968. The lowest BCUT2D eigenvalue weighted by Crippen LogP contribution is -2.29. The van der Waals surface area contributed by atoms with E-state index in [0.29, 0.717) is 11.6 Å². The summed E-state index contributed by atoms with van der Waals surface area (Å²) >= 11 is 5.84. The molecule has 3 nitrogen and oxygen atoms in total. The molecular weight excluding hydrogens is 286 g/mol. The molecule has 21 heavy (non-hydrogen) atoms. The van der Waals surface area contributed by atoms with Crippen LogP contribution in [0.1, 0.15) is 0 Å². The van der Waals surface area contributed by atoms with Crippen LogP contribution in [0, 0.1) is 0 Å². The summed E-state index contributed by atoms with van der Waals surface area (Å²) in [5, 5.41) is 2.39. The van der Waals surface area contributed by atoms with E-state index in [0.717, 1.165) is 11.4 Å². The average molecular weight is 304 g/mol. The van der Waals surface area contributed by atoms with Gasteiger partial charge in [-0.15, -0.1) is 6.58 Å². The standard InChI is InChI=1S/C17H18ClNO2/c1-3-16(13-20-17-11-9-14(18)10-12-17)21-19(2)15-7-5-4-6-8-15/h3-12,16H,1,13H2,2H3. The first-order chi connectivity index (χ1) is 10.2. The van der Waals surface area contributed by atoms with Crippen molar-refractivity contribution in [2.45, 2.75) is 6.10 Å². The highest BCUT2D eigenvalue weighted by molar-refractivity contribution is 6.30. The molecule has 0 amide bonds. The monoisotopic (exact) mass is 303 g/mol. The van der Waals surface area contributed by atoms with Gasteiger partial charge in [0.2, 0.25) is 0 Å². The van der Waals surface area contributed by atoms with Crippen LogP contribution in [0.4, 0.5) is 5.69 Å². The van der Waals surface area contributed by atoms with Gasteiger partial charge in [-0.1, -0.05) is 35.9 Å². The van der Waals surface area contributed by atoms with Gasteiger partial charge in [-0.2, -0.15) is 0 Å². The molecule has 2 aromatic rings. The Hall–Kier alpha value is -1.97. The largest absolute Gasteiger partial charge is 0.490 e. The molecule has 0 saturated heterocycles. The van der Waals surface area contributed by atoms with Crippen molar-refractivity contribution in [2.75, 3.05) is 18.7 Å². The first kappa shape index (κ1) is 15.4. The fourth-order valence-corrected chi connectivity index (χ4v) is 1.88. The number of hydrogen-bond acceptors (Lipinski definition) is 3. The molecule has 110 valence electrons. The molecule has 0 aliphatic carbocycles. The molecule has 0 bridgehead atoms. The SMILES string of the molecule is C=CC(COc1ccc(Cl)cc1)ON(C)c1ccccc1. The molecular formula is C17H18ClNO2. The van der Waals surface area contributed by atoms with Gasteiger partial charge in [-0.3, -0.25) is 9.90 Å². The van der Waals surface area contributed by atoms with Crippen LogP contribution in [0.25, 0.3) is 0 Å². The van der Waals surface area contributed by atoms with Gasteiger partial charge >= 0.3 is 0 Å². The van der Waals surface area contributed by atoms with E-state index in [1.54, 1.807) is 23.3 Å². The minimum Gasteiger partial charge on any atom is -0.490 e. The second kappa shape index (κ2) is 7.72. The maximum absolute atomic E-state index is 5.84. The highest BCUT2D eigenvalue weighted by Crippen LogP contribution is 2.17. The first-order valence-electron chi connectivity index (χ1n) is 6.65. The van der Waals surface area contributed by atoms with Gasteiger partial charge in [0.05, 0.1) is 5.69 Å². The topological polar surface area (TPSA) is 21.7 Å². The second-order valence-corrected chi connectivity index (χ2v) is 4.91. The fraction of sp³-hybridized carbons (Fsp3) is 0.176. The van der Waals surface area contributed by atoms with E-state index in [-0.39, 0.29) is 6.10 Å². The van der Waals surface area contributed by atoms with Crippen LogP contribution in [0.3, 0.4) is 0 Å². The molecule has 0 aliphatic heterocycles. The molecule has 0 fully saturated rings. The van der Waals surface area contributed by atoms with Gasteiger partial charge < -0.3 is 4.74 Å². The molecule has 0 heterocycles. The van der Waals surface area contributed by atoms with Gasteiger partial charge in [-0.05, 0) is 36.4 Å². The third-order valence-electron chi connectivity index (χ3n) is 2.90. The molecule has 2 aromatic carbocycles. The third-order valence-corrected chi connectivity index (χ3v) is 3.16. The summed E-state index contributed by atoms with van der Waals surface area (Å²) in [6.07, 6.45) is 1.47. The lowest BCUT2D eigenvalue weighted by molar-refractivity contribution is 0.0411. The number of anilines is 1. The van der Waals surface area contributed by atoms with E-state index in [1.807, 2.05) is 49.5 Å². The average Bonchev–Trinajstić information content (AvgIpc) is 2.53. The van der Waals surface area contributed by atoms with Crippen molar-refractivity contribution in [3.63, 3.8) is 0 Å². The number of nitrogens with zero attached hydrogens (tertiary/aromatic N) is 1. The zero-order chi connectivity index (χ0) is 15.1. The Bertz CT molecular complexity index is 557. The highest BCUT2D eigenvalue weighted by atomic mass is 35.5. The molecule has 0 aliphatic rings. The minimum absolute atomic E-state index is 0.245. The molecule has 2 rings (SSSR count). The third kappa shape index (κ3) is 4.81. The number of para-hydroxylation sites is 1. The van der Waals surface area contributed by atoms with Gasteiger partial charge in [0.1, 0.15) is 18.5 Å². The van der Waals surface area contributed by atoms with E-state index in [9.17, 15) is 0 Å². The Kier molecular flexibility index (Phi) is 5.67. The highest BCUT2D eigenvalue weighted by Gasteiger charge is 2.10. The molecule has 0 spiro atoms. The number of benzene rings is 2. The van der Waals surface area contributed by atoms with Crippen molar-refractivity contribution < 1.29 is 9.57 Å². The van der Waals surface area contributed by atoms with Crippen molar-refractivity contribution in [3.8, 4) is 5.75 Å². The van der Waals surface area contributed by atoms with Crippen molar-refractivity contribution in [1.82, 2.24) is 0 Å². The van der Waals surface area contributed by atoms with E-state index >= 15 is 0 Å². The number of ether oxygens (including phenoxy) is 1. The fourth-order valence-electron chi connectivity index (χ4n) is 1.75. The Labute approximate surface area is 130 Å². The van der Waals surface area contributed by atoms with Crippen molar-refractivity contribution in [1.29, 1.82) is 0 Å². The molecule has 1 unspecified atom stereocenters. The van der Waals surface area contributed by atoms with Crippen LogP contribution < -0.4 is 9.80 Å². The van der Waals surface area contributed by atoms with Gasteiger partial charge in [0, 0.05) is 12.1 Å². The number of hydroxylamine groups is 1. The molecule has 0 saturated carbocycles. The van der Waals surface area contributed by atoms with Crippen LogP contribution in [0.2, 0.25) is 5.02 Å². The lowest BCUT2D eigenvalue weighted by atomic mass is 10.3. The lowest BCUT2D eigenvalue weighted by Gasteiger charge is -2.23. The molecule has 0 radical (unpaired) electrons. The van der Waals surface area contributed by atoms with Crippen LogP contribution in [0.15, 0.2) is 67.3 Å². The van der Waals surface area contributed by atoms with Gasteiger partial charge in [0.25, 0.3) is 0 Å². The molecule has 0 N–H and O–H groups in total. The van der Waals surface area contributed by atoms with E-state index in [1.165, 1.54) is 0 Å². The number of halogens is 1. The summed E-state index contributed by atoms with van der Waals surface area (Å²) in [5.74, 6) is 0.747. The second-order valence-electron chi connectivity index (χ2n) is 4.48. The smallest absolute Gasteiger partial charge is 0.137 e. The van der Waals surface area contributed by atoms with Crippen molar-refractivity contribution in [2.24, 2.45) is 0 Å². The van der Waals surface area contributed by atoms with E-state index in [4.69, 9.17) is 21.2 Å². The summed E-state index contributed by atoms with van der Waals surface area (Å²) in [6.45, 7) is 4.16. The van der Waals surface area contributed by atoms with Crippen molar-refractivity contribution >= 4 is 17.3 Å². The summed E-state index contributed by atoms with van der Waals surface area (Å²) in [6, 6.07) is 17.1. The normalized spacial score (nSPS) is 11.7. The van der Waals surface area contributed by atoms with Crippen LogP contribution in [0.5, 0.6) is 5.75 Å². The van der Waals surface area contributed by atoms with Crippen LogP contribution in [-0.2, 0) is 4.84 Å². The predicted molar refractivity (Wildman–Crippen MR) is 86.9 cm³/mol. The van der Waals surface area contributed by atoms with Crippen LogP contribution in [-0.4, -0.2) is 19.8 Å². The Balaban J connectivity index is 1.88. The zero-order valence-electron chi connectivity index (χ0n) is 11.9. The number of rotatable bonds is 7. The maximum atomic E-state index is 5.84. The minimum atomic E-state index is -0.245. The van der Waals surface area contributed by atoms with E-state index in [2.05, 4.69) is 6.58 Å². The molecule has 0 aromatic heterocycles. The summed E-state index contributed by atoms with van der Waals surface area (Å²) in [4.78, 5) is 5.80. The van der Waals surface area contributed by atoms with E-state index < -0.39 is 0 Å². The Morgan fingerprint density at radius 3 is 2.43 bits per heavy atom. The molecule has 4 heteroatoms.